The Morgan fingerprint density at radius 3 is 3.00 bits per heavy atom. The third kappa shape index (κ3) is 2.47. The summed E-state index contributed by atoms with van der Waals surface area (Å²) >= 11 is 0. The highest BCUT2D eigenvalue weighted by Gasteiger charge is 2.17. The average molecular weight is 223 g/mol. The molecule has 1 aliphatic rings. The van der Waals surface area contributed by atoms with Gasteiger partial charge in [-0.1, -0.05) is 12.1 Å². The number of para-hydroxylation sites is 2. The highest BCUT2D eigenvalue weighted by atomic mass is 16.6. The zero-order valence-corrected chi connectivity index (χ0v) is 8.68. The summed E-state index contributed by atoms with van der Waals surface area (Å²) in [5.41, 5.74) is 0.588. The van der Waals surface area contributed by atoms with Crippen molar-refractivity contribution in [2.45, 2.75) is 6.17 Å². The Morgan fingerprint density at radius 1 is 1.50 bits per heavy atom. The van der Waals surface area contributed by atoms with Crippen molar-refractivity contribution in [3.8, 4) is 0 Å². The topological polar surface area (TPSA) is 76.4 Å². The van der Waals surface area contributed by atoms with E-state index in [1.54, 1.807) is 18.2 Å². The van der Waals surface area contributed by atoms with Gasteiger partial charge in [-0.25, -0.2) is 0 Å². The standard InChI is InChI=1S/C10H13N3O3/c14-13(15)9-4-2-1-3-8(9)12-10-7-16-6-5-11-10/h1-4,10-12H,5-7H2. The second-order valence-corrected chi connectivity index (χ2v) is 3.50. The fourth-order valence-corrected chi connectivity index (χ4v) is 1.60. The molecule has 1 aliphatic heterocycles. The molecule has 1 aromatic rings. The van der Waals surface area contributed by atoms with E-state index in [-0.39, 0.29) is 11.9 Å². The van der Waals surface area contributed by atoms with Gasteiger partial charge in [0.1, 0.15) is 11.9 Å². The number of nitro benzene ring substituents is 1. The number of rotatable bonds is 3. The molecule has 0 bridgehead atoms. The van der Waals surface area contributed by atoms with Gasteiger partial charge in [-0.2, -0.15) is 0 Å². The third-order valence-electron chi connectivity index (χ3n) is 2.35. The van der Waals surface area contributed by atoms with Crippen molar-refractivity contribution >= 4 is 11.4 Å². The van der Waals surface area contributed by atoms with Gasteiger partial charge in [0.05, 0.1) is 18.1 Å². The van der Waals surface area contributed by atoms with E-state index in [0.717, 1.165) is 6.54 Å². The van der Waals surface area contributed by atoms with Crippen LogP contribution in [0.1, 0.15) is 0 Å². The van der Waals surface area contributed by atoms with Crippen LogP contribution >= 0.6 is 0 Å². The molecule has 1 aromatic carbocycles. The lowest BCUT2D eigenvalue weighted by atomic mass is 10.2. The molecule has 2 rings (SSSR count). The Balaban J connectivity index is 2.10. The Morgan fingerprint density at radius 2 is 2.31 bits per heavy atom. The van der Waals surface area contributed by atoms with Crippen molar-refractivity contribution < 1.29 is 9.66 Å². The van der Waals surface area contributed by atoms with Gasteiger partial charge in [0.15, 0.2) is 0 Å². The normalized spacial score (nSPS) is 20.4. The number of benzene rings is 1. The van der Waals surface area contributed by atoms with E-state index >= 15 is 0 Å². The maximum absolute atomic E-state index is 10.8. The van der Waals surface area contributed by atoms with Gasteiger partial charge in [0.2, 0.25) is 0 Å². The molecule has 1 saturated heterocycles. The summed E-state index contributed by atoms with van der Waals surface area (Å²) < 4.78 is 5.26. The van der Waals surface area contributed by atoms with Crippen LogP contribution in [0, 0.1) is 10.1 Å². The minimum atomic E-state index is -0.397. The number of nitrogens with zero attached hydrogens (tertiary/aromatic N) is 1. The summed E-state index contributed by atoms with van der Waals surface area (Å²) in [6.07, 6.45) is -0.0742. The molecule has 0 aliphatic carbocycles. The van der Waals surface area contributed by atoms with Gasteiger partial charge < -0.3 is 10.1 Å². The first-order chi connectivity index (χ1) is 7.77. The molecule has 0 amide bonds. The van der Waals surface area contributed by atoms with E-state index in [1.165, 1.54) is 6.07 Å². The lowest BCUT2D eigenvalue weighted by Gasteiger charge is -2.25. The Bertz CT molecular complexity index is 377. The van der Waals surface area contributed by atoms with Crippen molar-refractivity contribution in [3.63, 3.8) is 0 Å². The quantitative estimate of drug-likeness (QED) is 0.589. The van der Waals surface area contributed by atoms with E-state index in [1.807, 2.05) is 0 Å². The molecular weight excluding hydrogens is 210 g/mol. The summed E-state index contributed by atoms with van der Waals surface area (Å²) in [6, 6.07) is 6.58. The SMILES string of the molecule is O=[N+]([O-])c1ccccc1NC1COCCN1. The van der Waals surface area contributed by atoms with Crippen molar-refractivity contribution in [3.05, 3.63) is 34.4 Å². The fraction of sp³-hybridized carbons (Fsp3) is 0.400. The molecule has 6 heteroatoms. The molecule has 1 unspecified atom stereocenters. The summed E-state index contributed by atoms with van der Waals surface area (Å²) in [5.74, 6) is 0. The van der Waals surface area contributed by atoms with E-state index < -0.39 is 4.92 Å². The monoisotopic (exact) mass is 223 g/mol. The van der Waals surface area contributed by atoms with Crippen LogP contribution in [0.4, 0.5) is 11.4 Å². The maximum Gasteiger partial charge on any atom is 0.292 e. The highest BCUT2D eigenvalue weighted by Crippen LogP contribution is 2.23. The number of hydrogen-bond acceptors (Lipinski definition) is 5. The van der Waals surface area contributed by atoms with Gasteiger partial charge in [-0.3, -0.25) is 15.4 Å². The number of nitro groups is 1. The number of morpholine rings is 1. The van der Waals surface area contributed by atoms with E-state index in [0.29, 0.717) is 18.9 Å². The molecule has 0 radical (unpaired) electrons. The predicted molar refractivity (Wildman–Crippen MR) is 59.3 cm³/mol. The van der Waals surface area contributed by atoms with Crippen LogP contribution in [0.15, 0.2) is 24.3 Å². The number of nitrogens with one attached hydrogen (secondary N) is 2. The van der Waals surface area contributed by atoms with E-state index in [2.05, 4.69) is 10.6 Å². The van der Waals surface area contributed by atoms with E-state index in [4.69, 9.17) is 4.74 Å². The lowest BCUT2D eigenvalue weighted by Crippen LogP contribution is -2.46. The summed E-state index contributed by atoms with van der Waals surface area (Å²) in [5, 5.41) is 17.0. The molecule has 86 valence electrons. The molecule has 1 fully saturated rings. The van der Waals surface area contributed by atoms with Crippen molar-refractivity contribution in [2.75, 3.05) is 25.1 Å². The molecule has 6 nitrogen and oxygen atoms in total. The van der Waals surface area contributed by atoms with Gasteiger partial charge in [-0.05, 0) is 6.07 Å². The number of ether oxygens (including phenoxy) is 1. The average Bonchev–Trinajstić information content (AvgIpc) is 2.31. The Kier molecular flexibility index (Phi) is 3.33. The maximum atomic E-state index is 10.8. The predicted octanol–water partition coefficient (Wildman–Crippen LogP) is 0.953. The molecular formula is C10H13N3O3. The summed E-state index contributed by atoms with van der Waals surface area (Å²) in [4.78, 5) is 10.4. The van der Waals surface area contributed by atoms with Gasteiger partial charge in [-0.15, -0.1) is 0 Å². The van der Waals surface area contributed by atoms with Crippen molar-refractivity contribution in [1.82, 2.24) is 5.32 Å². The lowest BCUT2D eigenvalue weighted by molar-refractivity contribution is -0.384. The summed E-state index contributed by atoms with van der Waals surface area (Å²) in [7, 11) is 0. The zero-order chi connectivity index (χ0) is 11.4. The zero-order valence-electron chi connectivity index (χ0n) is 8.68. The largest absolute Gasteiger partial charge is 0.377 e. The summed E-state index contributed by atoms with van der Waals surface area (Å²) in [6.45, 7) is 1.93. The Labute approximate surface area is 92.8 Å². The third-order valence-corrected chi connectivity index (χ3v) is 2.35. The molecule has 0 aromatic heterocycles. The second kappa shape index (κ2) is 4.91. The minimum absolute atomic E-state index is 0.0742. The molecule has 0 saturated carbocycles. The molecule has 16 heavy (non-hydrogen) atoms. The first-order valence-electron chi connectivity index (χ1n) is 5.08. The van der Waals surface area contributed by atoms with Gasteiger partial charge >= 0.3 is 0 Å². The van der Waals surface area contributed by atoms with Crippen molar-refractivity contribution in [1.29, 1.82) is 0 Å². The van der Waals surface area contributed by atoms with Gasteiger partial charge in [0.25, 0.3) is 5.69 Å². The van der Waals surface area contributed by atoms with Crippen molar-refractivity contribution in [2.24, 2.45) is 0 Å². The molecule has 0 spiro atoms. The van der Waals surface area contributed by atoms with Crippen LogP contribution in [0.2, 0.25) is 0 Å². The van der Waals surface area contributed by atoms with Crippen LogP contribution in [0.25, 0.3) is 0 Å². The smallest absolute Gasteiger partial charge is 0.292 e. The molecule has 1 heterocycles. The number of anilines is 1. The van der Waals surface area contributed by atoms with Crippen LogP contribution in [0.3, 0.4) is 0 Å². The first kappa shape index (κ1) is 10.8. The first-order valence-corrected chi connectivity index (χ1v) is 5.08. The minimum Gasteiger partial charge on any atom is -0.377 e. The van der Waals surface area contributed by atoms with Crippen LogP contribution in [-0.2, 0) is 4.74 Å². The van der Waals surface area contributed by atoms with Crippen LogP contribution in [0.5, 0.6) is 0 Å². The highest BCUT2D eigenvalue weighted by molar-refractivity contribution is 5.61. The second-order valence-electron chi connectivity index (χ2n) is 3.50. The van der Waals surface area contributed by atoms with Crippen LogP contribution < -0.4 is 10.6 Å². The molecule has 2 N–H and O–H groups in total. The number of hydrogen-bond donors (Lipinski definition) is 2. The Hall–Kier alpha value is -1.66. The van der Waals surface area contributed by atoms with Gasteiger partial charge in [0, 0.05) is 12.6 Å². The van der Waals surface area contributed by atoms with E-state index in [9.17, 15) is 10.1 Å². The fourth-order valence-electron chi connectivity index (χ4n) is 1.60. The van der Waals surface area contributed by atoms with Crippen LogP contribution in [-0.4, -0.2) is 30.8 Å². The molecule has 1 atom stereocenters.